The number of fused-ring (bicyclic) bond motifs is 3. The van der Waals surface area contributed by atoms with E-state index in [1.165, 1.54) is 43.0 Å². The van der Waals surface area contributed by atoms with Gasteiger partial charge in [0.25, 0.3) is 5.19 Å². The molecule has 5 nitrogen and oxygen atoms in total. The highest BCUT2D eigenvalue weighted by Crippen LogP contribution is 2.31. The SMILES string of the molecule is CCN1C[C@@H]2C[C@H]1CN2CCc1ccc(Oc2nc3cccnc3s2)cc1. The number of thiazole rings is 1. The van der Waals surface area contributed by atoms with Gasteiger partial charge in [0, 0.05) is 37.9 Å². The van der Waals surface area contributed by atoms with E-state index in [1.807, 2.05) is 24.3 Å². The lowest BCUT2D eigenvalue weighted by atomic mass is 10.1. The van der Waals surface area contributed by atoms with Crippen molar-refractivity contribution >= 4 is 21.7 Å². The van der Waals surface area contributed by atoms with Crippen molar-refractivity contribution in [2.45, 2.75) is 31.8 Å². The maximum absolute atomic E-state index is 5.91. The van der Waals surface area contributed by atoms with E-state index in [9.17, 15) is 0 Å². The van der Waals surface area contributed by atoms with Crippen LogP contribution >= 0.6 is 11.3 Å². The van der Waals surface area contributed by atoms with E-state index < -0.39 is 0 Å². The number of aromatic nitrogens is 2. The Morgan fingerprint density at radius 1 is 1.11 bits per heavy atom. The lowest BCUT2D eigenvalue weighted by molar-refractivity contribution is 0.134. The maximum atomic E-state index is 5.91. The van der Waals surface area contributed by atoms with Gasteiger partial charge in [0.05, 0.1) is 0 Å². The summed E-state index contributed by atoms with van der Waals surface area (Å²) in [5, 5.41) is 0.644. The van der Waals surface area contributed by atoms with Crippen molar-refractivity contribution in [1.29, 1.82) is 0 Å². The first kappa shape index (κ1) is 17.1. The fourth-order valence-electron chi connectivity index (χ4n) is 4.38. The van der Waals surface area contributed by atoms with Gasteiger partial charge < -0.3 is 4.74 Å². The molecule has 2 aliphatic rings. The summed E-state index contributed by atoms with van der Waals surface area (Å²) in [7, 11) is 0. The van der Waals surface area contributed by atoms with Gasteiger partial charge in [-0.25, -0.2) is 9.97 Å². The van der Waals surface area contributed by atoms with Crippen molar-refractivity contribution in [2.75, 3.05) is 26.2 Å². The minimum absolute atomic E-state index is 0.644. The number of likely N-dealkylation sites (N-methyl/N-ethyl adjacent to an activating group) is 1. The van der Waals surface area contributed by atoms with Gasteiger partial charge in [0.15, 0.2) is 0 Å². The molecular weight excluding hydrogens is 356 g/mol. The monoisotopic (exact) mass is 380 g/mol. The number of hydrogen-bond donors (Lipinski definition) is 0. The molecule has 2 aromatic heterocycles. The van der Waals surface area contributed by atoms with E-state index in [0.29, 0.717) is 5.19 Å². The summed E-state index contributed by atoms with van der Waals surface area (Å²) in [6.45, 7) is 7.12. The Bertz CT molecular complexity index is 892. The second kappa shape index (κ2) is 7.19. The molecule has 1 aromatic carbocycles. The van der Waals surface area contributed by atoms with Crippen LogP contribution in [0.3, 0.4) is 0 Å². The smallest absolute Gasteiger partial charge is 0.281 e. The molecule has 2 bridgehead atoms. The molecule has 0 saturated carbocycles. The summed E-state index contributed by atoms with van der Waals surface area (Å²) in [5.74, 6) is 0.830. The number of piperazine rings is 1. The Labute approximate surface area is 163 Å². The first-order chi connectivity index (χ1) is 13.3. The molecule has 0 N–H and O–H groups in total. The summed E-state index contributed by atoms with van der Waals surface area (Å²) in [6.07, 6.45) is 4.24. The minimum Gasteiger partial charge on any atom is -0.431 e. The molecule has 2 fully saturated rings. The number of hydrogen-bond acceptors (Lipinski definition) is 6. The highest BCUT2D eigenvalue weighted by Gasteiger charge is 2.41. The number of benzene rings is 1. The molecule has 2 saturated heterocycles. The molecule has 2 atom stereocenters. The van der Waals surface area contributed by atoms with Crippen LogP contribution in [-0.2, 0) is 6.42 Å². The van der Waals surface area contributed by atoms with Gasteiger partial charge in [-0.1, -0.05) is 30.4 Å². The average Bonchev–Trinajstić information content (AvgIpc) is 3.40. The van der Waals surface area contributed by atoms with Gasteiger partial charge in [-0.3, -0.25) is 9.80 Å². The zero-order valence-corrected chi connectivity index (χ0v) is 16.4. The Balaban J connectivity index is 1.17. The average molecular weight is 381 g/mol. The Kier molecular flexibility index (Phi) is 4.55. The molecule has 0 spiro atoms. The molecule has 27 heavy (non-hydrogen) atoms. The van der Waals surface area contributed by atoms with Crippen LogP contribution in [-0.4, -0.2) is 58.0 Å². The van der Waals surface area contributed by atoms with Crippen LogP contribution in [0.5, 0.6) is 10.9 Å². The third-order valence-corrected chi connectivity index (χ3v) is 6.69. The summed E-state index contributed by atoms with van der Waals surface area (Å²) < 4.78 is 5.91. The summed E-state index contributed by atoms with van der Waals surface area (Å²) >= 11 is 1.48. The molecule has 0 amide bonds. The normalized spacial score (nSPS) is 22.7. The molecule has 0 unspecified atom stereocenters. The standard InChI is InChI=1S/C21H24N4OS/c1-2-24-13-17-12-16(24)14-25(17)11-9-15-5-7-18(8-6-15)26-21-23-19-4-3-10-22-20(19)27-21/h3-8,10,16-17H,2,9,11-14H2,1H3/t16-,17-/m0/s1. The first-order valence-corrected chi connectivity index (χ1v) is 10.6. The summed E-state index contributed by atoms with van der Waals surface area (Å²) in [5.41, 5.74) is 2.25. The summed E-state index contributed by atoms with van der Waals surface area (Å²) in [6, 6.07) is 13.9. The molecule has 0 aliphatic carbocycles. The lowest BCUT2D eigenvalue weighted by Gasteiger charge is -2.33. The van der Waals surface area contributed by atoms with Crippen molar-refractivity contribution in [2.24, 2.45) is 0 Å². The number of pyridine rings is 1. The molecule has 3 aromatic rings. The predicted molar refractivity (Wildman–Crippen MR) is 109 cm³/mol. The molecule has 2 aliphatic heterocycles. The highest BCUT2D eigenvalue weighted by atomic mass is 32.1. The molecular formula is C21H24N4OS. The molecule has 6 heteroatoms. The number of likely N-dealkylation sites (tertiary alicyclic amines) is 2. The third kappa shape index (κ3) is 3.45. The molecule has 0 radical (unpaired) electrons. The third-order valence-electron chi connectivity index (χ3n) is 5.84. The van der Waals surface area contributed by atoms with Crippen molar-refractivity contribution in [1.82, 2.24) is 19.8 Å². The fraction of sp³-hybridized carbons (Fsp3) is 0.429. The second-order valence-corrected chi connectivity index (χ2v) is 8.37. The zero-order chi connectivity index (χ0) is 18.2. The zero-order valence-electron chi connectivity index (χ0n) is 15.5. The van der Waals surface area contributed by atoms with E-state index in [0.717, 1.165) is 41.1 Å². The van der Waals surface area contributed by atoms with Gasteiger partial charge in [0.1, 0.15) is 16.1 Å². The van der Waals surface area contributed by atoms with Crippen molar-refractivity contribution in [3.8, 4) is 10.9 Å². The van der Waals surface area contributed by atoms with E-state index in [1.54, 1.807) is 6.20 Å². The number of nitrogens with zero attached hydrogens (tertiary/aromatic N) is 4. The Morgan fingerprint density at radius 2 is 1.93 bits per heavy atom. The Morgan fingerprint density at radius 3 is 2.67 bits per heavy atom. The molecule has 5 rings (SSSR count). The van der Waals surface area contributed by atoms with Gasteiger partial charge >= 0.3 is 0 Å². The van der Waals surface area contributed by atoms with Crippen LogP contribution < -0.4 is 4.74 Å². The molecule has 4 heterocycles. The number of rotatable bonds is 6. The van der Waals surface area contributed by atoms with Crippen LogP contribution in [0.2, 0.25) is 0 Å². The van der Waals surface area contributed by atoms with Crippen molar-refractivity contribution < 1.29 is 4.74 Å². The first-order valence-electron chi connectivity index (χ1n) is 9.75. The lowest BCUT2D eigenvalue weighted by Crippen LogP contribution is -2.46. The Hall–Kier alpha value is -2.02. The van der Waals surface area contributed by atoms with Gasteiger partial charge in [-0.05, 0) is 49.2 Å². The largest absolute Gasteiger partial charge is 0.431 e. The van der Waals surface area contributed by atoms with E-state index >= 15 is 0 Å². The van der Waals surface area contributed by atoms with Crippen molar-refractivity contribution in [3.05, 3.63) is 48.2 Å². The topological polar surface area (TPSA) is 41.5 Å². The minimum atomic E-state index is 0.644. The van der Waals surface area contributed by atoms with E-state index in [2.05, 4.69) is 38.8 Å². The summed E-state index contributed by atoms with van der Waals surface area (Å²) in [4.78, 5) is 15.0. The van der Waals surface area contributed by atoms with Crippen LogP contribution in [0, 0.1) is 0 Å². The number of ether oxygens (including phenoxy) is 1. The van der Waals surface area contributed by atoms with E-state index in [-0.39, 0.29) is 0 Å². The quantitative estimate of drug-likeness (QED) is 0.651. The predicted octanol–water partition coefficient (Wildman–Crippen LogP) is 3.80. The van der Waals surface area contributed by atoms with Gasteiger partial charge in [-0.15, -0.1) is 0 Å². The second-order valence-electron chi connectivity index (χ2n) is 7.43. The van der Waals surface area contributed by atoms with Crippen molar-refractivity contribution in [3.63, 3.8) is 0 Å². The molecule has 140 valence electrons. The van der Waals surface area contributed by atoms with Crippen LogP contribution in [0.1, 0.15) is 18.9 Å². The van der Waals surface area contributed by atoms with Crippen LogP contribution in [0.4, 0.5) is 0 Å². The fourth-order valence-corrected chi connectivity index (χ4v) is 5.16. The van der Waals surface area contributed by atoms with Crippen LogP contribution in [0.15, 0.2) is 42.6 Å². The van der Waals surface area contributed by atoms with Gasteiger partial charge in [0.2, 0.25) is 0 Å². The maximum Gasteiger partial charge on any atom is 0.281 e. The van der Waals surface area contributed by atoms with Crippen LogP contribution in [0.25, 0.3) is 10.3 Å². The highest BCUT2D eigenvalue weighted by molar-refractivity contribution is 7.19. The van der Waals surface area contributed by atoms with E-state index in [4.69, 9.17) is 4.74 Å². The van der Waals surface area contributed by atoms with Gasteiger partial charge in [-0.2, -0.15) is 0 Å².